The van der Waals surface area contributed by atoms with E-state index in [9.17, 15) is 4.79 Å². The monoisotopic (exact) mass is 370 g/mol. The highest BCUT2D eigenvalue weighted by Gasteiger charge is 2.12. The van der Waals surface area contributed by atoms with Crippen LogP contribution >= 0.6 is 0 Å². The Kier molecular flexibility index (Phi) is 4.68. The van der Waals surface area contributed by atoms with Crippen LogP contribution in [0.25, 0.3) is 22.9 Å². The third kappa shape index (κ3) is 3.81. The lowest BCUT2D eigenvalue weighted by atomic mass is 10.1. The number of hydrogen-bond acceptors (Lipinski definition) is 5. The van der Waals surface area contributed by atoms with E-state index in [0.717, 1.165) is 16.7 Å². The minimum atomic E-state index is -0.226. The number of benzene rings is 2. The van der Waals surface area contributed by atoms with Crippen molar-refractivity contribution in [3.05, 3.63) is 83.6 Å². The van der Waals surface area contributed by atoms with E-state index in [2.05, 4.69) is 20.5 Å². The van der Waals surface area contributed by atoms with Gasteiger partial charge in [0.2, 0.25) is 11.8 Å². The number of hydrogen-bond donors (Lipinski definition) is 1. The molecular weight excluding hydrogens is 352 g/mol. The molecule has 2 aromatic heterocycles. The predicted octanol–water partition coefficient (Wildman–Crippen LogP) is 4.67. The first-order valence-corrected chi connectivity index (χ1v) is 8.83. The zero-order valence-corrected chi connectivity index (χ0v) is 15.5. The Balaban J connectivity index is 1.50. The van der Waals surface area contributed by atoms with Gasteiger partial charge < -0.3 is 9.73 Å². The fourth-order valence-corrected chi connectivity index (χ4v) is 2.71. The van der Waals surface area contributed by atoms with Crippen molar-refractivity contribution >= 4 is 11.7 Å². The predicted molar refractivity (Wildman–Crippen MR) is 107 cm³/mol. The SMILES string of the molecule is Cc1ccc(-c2nnc(-c3ccc(C(=O)Nc4cc(C)ccn4)cc3)o2)cc1. The number of pyridine rings is 1. The van der Waals surface area contributed by atoms with E-state index in [-0.39, 0.29) is 5.91 Å². The van der Waals surface area contributed by atoms with Gasteiger partial charge in [-0.1, -0.05) is 17.7 Å². The normalized spacial score (nSPS) is 10.6. The molecule has 4 rings (SSSR count). The smallest absolute Gasteiger partial charge is 0.256 e. The van der Waals surface area contributed by atoms with Gasteiger partial charge in [0, 0.05) is 22.9 Å². The molecule has 2 aromatic carbocycles. The molecule has 0 saturated heterocycles. The summed E-state index contributed by atoms with van der Waals surface area (Å²) in [7, 11) is 0. The van der Waals surface area contributed by atoms with Crippen LogP contribution in [-0.4, -0.2) is 21.1 Å². The van der Waals surface area contributed by atoms with Crippen molar-refractivity contribution in [3.63, 3.8) is 0 Å². The average Bonchev–Trinajstić information content (AvgIpc) is 3.19. The van der Waals surface area contributed by atoms with Gasteiger partial charge in [-0.15, -0.1) is 10.2 Å². The van der Waals surface area contributed by atoms with Crippen molar-refractivity contribution in [1.29, 1.82) is 0 Å². The number of anilines is 1. The molecule has 0 fully saturated rings. The molecule has 6 heteroatoms. The molecule has 4 aromatic rings. The fourth-order valence-electron chi connectivity index (χ4n) is 2.71. The van der Waals surface area contributed by atoms with Crippen LogP contribution < -0.4 is 5.32 Å². The van der Waals surface area contributed by atoms with Gasteiger partial charge in [0.15, 0.2) is 0 Å². The topological polar surface area (TPSA) is 80.9 Å². The van der Waals surface area contributed by atoms with Crippen molar-refractivity contribution in [2.45, 2.75) is 13.8 Å². The number of aromatic nitrogens is 3. The summed E-state index contributed by atoms with van der Waals surface area (Å²) >= 11 is 0. The summed E-state index contributed by atoms with van der Waals surface area (Å²) in [5.41, 5.74) is 4.33. The van der Waals surface area contributed by atoms with Gasteiger partial charge in [0.1, 0.15) is 5.82 Å². The summed E-state index contributed by atoms with van der Waals surface area (Å²) in [6, 6.07) is 18.6. The lowest BCUT2D eigenvalue weighted by Gasteiger charge is -2.05. The Morgan fingerprint density at radius 1 is 0.821 bits per heavy atom. The molecule has 1 N–H and O–H groups in total. The number of nitrogens with zero attached hydrogens (tertiary/aromatic N) is 3. The standard InChI is InChI=1S/C22H18N4O2/c1-14-3-5-17(6-4-14)21-25-26-22(28-21)18-9-7-16(8-10-18)20(27)24-19-13-15(2)11-12-23-19/h3-13H,1-2H3,(H,23,24,27). The Hall–Kier alpha value is -3.80. The lowest BCUT2D eigenvalue weighted by Crippen LogP contribution is -2.12. The quantitative estimate of drug-likeness (QED) is 0.565. The summed E-state index contributed by atoms with van der Waals surface area (Å²) in [4.78, 5) is 16.5. The highest BCUT2D eigenvalue weighted by molar-refractivity contribution is 6.04. The average molecular weight is 370 g/mol. The second-order valence-corrected chi connectivity index (χ2v) is 6.53. The number of amides is 1. The highest BCUT2D eigenvalue weighted by atomic mass is 16.4. The number of aryl methyl sites for hydroxylation is 2. The van der Waals surface area contributed by atoms with E-state index in [1.54, 1.807) is 30.5 Å². The molecule has 0 atom stereocenters. The molecular formula is C22H18N4O2. The summed E-state index contributed by atoms with van der Waals surface area (Å²) in [5.74, 6) is 1.16. The lowest BCUT2D eigenvalue weighted by molar-refractivity contribution is 0.102. The van der Waals surface area contributed by atoms with Gasteiger partial charge in [0.05, 0.1) is 0 Å². The minimum Gasteiger partial charge on any atom is -0.416 e. The number of nitrogens with one attached hydrogen (secondary N) is 1. The van der Waals surface area contributed by atoms with Crippen LogP contribution in [0.4, 0.5) is 5.82 Å². The van der Waals surface area contributed by atoms with Crippen LogP contribution in [0.15, 0.2) is 71.3 Å². The number of rotatable bonds is 4. The Bertz CT molecular complexity index is 1120. The molecule has 0 bridgehead atoms. The third-order valence-corrected chi connectivity index (χ3v) is 4.27. The van der Waals surface area contributed by atoms with E-state index >= 15 is 0 Å². The minimum absolute atomic E-state index is 0.226. The van der Waals surface area contributed by atoms with Gasteiger partial charge in [-0.2, -0.15) is 0 Å². The van der Waals surface area contributed by atoms with Crippen LogP contribution in [0, 0.1) is 13.8 Å². The maximum absolute atomic E-state index is 12.4. The van der Waals surface area contributed by atoms with E-state index in [0.29, 0.717) is 23.2 Å². The number of carbonyl (C=O) groups is 1. The van der Waals surface area contributed by atoms with Crippen LogP contribution in [0.1, 0.15) is 21.5 Å². The molecule has 0 aliphatic carbocycles. The third-order valence-electron chi connectivity index (χ3n) is 4.27. The van der Waals surface area contributed by atoms with E-state index in [1.165, 1.54) is 5.56 Å². The molecule has 28 heavy (non-hydrogen) atoms. The second kappa shape index (κ2) is 7.44. The van der Waals surface area contributed by atoms with Crippen molar-refractivity contribution in [2.24, 2.45) is 0 Å². The van der Waals surface area contributed by atoms with Crippen molar-refractivity contribution in [2.75, 3.05) is 5.32 Å². The van der Waals surface area contributed by atoms with Gasteiger partial charge in [0.25, 0.3) is 5.91 Å². The summed E-state index contributed by atoms with van der Waals surface area (Å²) in [6.45, 7) is 3.97. The molecule has 0 spiro atoms. The molecule has 6 nitrogen and oxygen atoms in total. The molecule has 0 saturated carbocycles. The first-order chi connectivity index (χ1) is 13.6. The first kappa shape index (κ1) is 17.6. The highest BCUT2D eigenvalue weighted by Crippen LogP contribution is 2.24. The van der Waals surface area contributed by atoms with Crippen LogP contribution in [0.3, 0.4) is 0 Å². The van der Waals surface area contributed by atoms with Gasteiger partial charge in [-0.25, -0.2) is 4.98 Å². The van der Waals surface area contributed by atoms with Crippen LogP contribution in [-0.2, 0) is 0 Å². The van der Waals surface area contributed by atoms with E-state index in [1.807, 2.05) is 50.2 Å². The number of carbonyl (C=O) groups excluding carboxylic acids is 1. The first-order valence-electron chi connectivity index (χ1n) is 8.83. The molecule has 0 aliphatic rings. The maximum Gasteiger partial charge on any atom is 0.256 e. The molecule has 2 heterocycles. The molecule has 1 amide bonds. The molecule has 0 unspecified atom stereocenters. The van der Waals surface area contributed by atoms with Crippen molar-refractivity contribution in [3.8, 4) is 22.9 Å². The van der Waals surface area contributed by atoms with Crippen LogP contribution in [0.5, 0.6) is 0 Å². The Morgan fingerprint density at radius 3 is 2.04 bits per heavy atom. The zero-order valence-electron chi connectivity index (χ0n) is 15.5. The van der Waals surface area contributed by atoms with E-state index < -0.39 is 0 Å². The molecule has 138 valence electrons. The molecule has 0 radical (unpaired) electrons. The Morgan fingerprint density at radius 2 is 1.43 bits per heavy atom. The van der Waals surface area contributed by atoms with Crippen molar-refractivity contribution in [1.82, 2.24) is 15.2 Å². The van der Waals surface area contributed by atoms with Gasteiger partial charge >= 0.3 is 0 Å². The fraction of sp³-hybridized carbons (Fsp3) is 0.0909. The summed E-state index contributed by atoms with van der Waals surface area (Å²) in [5, 5.41) is 11.0. The largest absolute Gasteiger partial charge is 0.416 e. The second-order valence-electron chi connectivity index (χ2n) is 6.53. The Labute approximate surface area is 162 Å². The summed E-state index contributed by atoms with van der Waals surface area (Å²) < 4.78 is 5.77. The molecule has 0 aliphatic heterocycles. The van der Waals surface area contributed by atoms with E-state index in [4.69, 9.17) is 4.42 Å². The zero-order chi connectivity index (χ0) is 19.5. The van der Waals surface area contributed by atoms with Gasteiger partial charge in [-0.3, -0.25) is 4.79 Å². The van der Waals surface area contributed by atoms with Gasteiger partial charge in [-0.05, 0) is 67.9 Å². The van der Waals surface area contributed by atoms with Crippen LogP contribution in [0.2, 0.25) is 0 Å². The maximum atomic E-state index is 12.4. The summed E-state index contributed by atoms with van der Waals surface area (Å²) in [6.07, 6.45) is 1.66. The van der Waals surface area contributed by atoms with Crippen molar-refractivity contribution < 1.29 is 9.21 Å².